The van der Waals surface area contributed by atoms with Gasteiger partial charge >= 0.3 is 5.97 Å². The van der Waals surface area contributed by atoms with E-state index in [9.17, 15) is 4.79 Å². The van der Waals surface area contributed by atoms with Crippen molar-refractivity contribution in [2.24, 2.45) is 11.8 Å². The number of hydrogen-bond donors (Lipinski definition) is 1. The molecule has 1 N–H and O–H groups in total. The van der Waals surface area contributed by atoms with Crippen LogP contribution in [-0.4, -0.2) is 35.6 Å². The molecule has 0 amide bonds. The molecule has 1 saturated carbocycles. The zero-order valence-corrected chi connectivity index (χ0v) is 12.7. The lowest BCUT2D eigenvalue weighted by Gasteiger charge is -2.54. The molecule has 2 saturated heterocycles. The van der Waals surface area contributed by atoms with Gasteiger partial charge < -0.3 is 10.0 Å². The molecule has 0 aromatic heterocycles. The summed E-state index contributed by atoms with van der Waals surface area (Å²) < 4.78 is 0. The predicted octanol–water partition coefficient (Wildman–Crippen LogP) is 3.27. The second-order valence-electron chi connectivity index (χ2n) is 5.74. The summed E-state index contributed by atoms with van der Waals surface area (Å²) in [6.45, 7) is 2.77. The fourth-order valence-electron chi connectivity index (χ4n) is 3.65. The Hall–Kier alpha value is -0.770. The van der Waals surface area contributed by atoms with Crippen molar-refractivity contribution in [2.75, 3.05) is 19.6 Å². The number of piperidine rings is 2. The highest BCUT2D eigenvalue weighted by atomic mass is 35.5. The first-order valence-corrected chi connectivity index (χ1v) is 7.21. The molecule has 20 heavy (non-hydrogen) atoms. The van der Waals surface area contributed by atoms with Crippen LogP contribution in [0, 0.1) is 11.8 Å². The number of carboxylic acid groups (broad SMARTS) is 1. The molecule has 2 unspecified atom stereocenters. The maximum atomic E-state index is 10.6. The van der Waals surface area contributed by atoms with Crippen molar-refractivity contribution in [1.29, 1.82) is 0 Å². The average molecular weight is 316 g/mol. The van der Waals surface area contributed by atoms with Gasteiger partial charge in [0.15, 0.2) is 0 Å². The minimum atomic E-state index is -0.700. The van der Waals surface area contributed by atoms with Crippen LogP contribution in [0.15, 0.2) is 24.3 Å². The van der Waals surface area contributed by atoms with E-state index in [4.69, 9.17) is 16.7 Å². The van der Waals surface area contributed by atoms with E-state index in [-0.39, 0.29) is 18.8 Å². The number of rotatable bonds is 4. The van der Waals surface area contributed by atoms with Gasteiger partial charge in [-0.1, -0.05) is 23.7 Å². The van der Waals surface area contributed by atoms with Gasteiger partial charge in [0, 0.05) is 24.7 Å². The standard InChI is InChI=1S/C15H18ClNO2.ClH/c16-13-3-1-10(2-4-13)15-11-7-12(15)9-17(8-11)6-5-14(18)19;/h1-4,11-12,15H,5-9H2,(H,18,19);1H. The van der Waals surface area contributed by atoms with Crippen molar-refractivity contribution in [2.45, 2.75) is 18.8 Å². The van der Waals surface area contributed by atoms with E-state index in [1.807, 2.05) is 12.1 Å². The van der Waals surface area contributed by atoms with Crippen molar-refractivity contribution >= 4 is 30.0 Å². The molecule has 4 rings (SSSR count). The van der Waals surface area contributed by atoms with E-state index >= 15 is 0 Å². The summed E-state index contributed by atoms with van der Waals surface area (Å²) in [7, 11) is 0. The SMILES string of the molecule is Cl.O=C(O)CCN1CC2CC(C1)C2c1ccc(Cl)cc1. The van der Waals surface area contributed by atoms with E-state index in [0.29, 0.717) is 24.3 Å². The second-order valence-corrected chi connectivity index (χ2v) is 6.17. The van der Waals surface area contributed by atoms with Gasteiger partial charge in [0.25, 0.3) is 0 Å². The molecule has 3 fully saturated rings. The largest absolute Gasteiger partial charge is 0.481 e. The highest BCUT2D eigenvalue weighted by Gasteiger charge is 2.46. The molecule has 2 atom stereocenters. The van der Waals surface area contributed by atoms with Gasteiger partial charge in [-0.2, -0.15) is 0 Å². The van der Waals surface area contributed by atoms with Gasteiger partial charge in [0.1, 0.15) is 0 Å². The molecular weight excluding hydrogens is 297 g/mol. The Kier molecular flexibility index (Phi) is 4.95. The van der Waals surface area contributed by atoms with E-state index in [0.717, 1.165) is 18.1 Å². The van der Waals surface area contributed by atoms with Crippen LogP contribution in [0.4, 0.5) is 0 Å². The van der Waals surface area contributed by atoms with E-state index in [1.54, 1.807) is 0 Å². The van der Waals surface area contributed by atoms with Gasteiger partial charge in [0.2, 0.25) is 0 Å². The molecule has 2 heterocycles. The molecule has 0 radical (unpaired) electrons. The van der Waals surface area contributed by atoms with Crippen LogP contribution in [-0.2, 0) is 4.79 Å². The number of hydrogen-bond acceptors (Lipinski definition) is 2. The molecule has 110 valence electrons. The lowest BCUT2D eigenvalue weighted by molar-refractivity contribution is -0.137. The van der Waals surface area contributed by atoms with Crippen molar-refractivity contribution in [1.82, 2.24) is 4.90 Å². The van der Waals surface area contributed by atoms with Gasteiger partial charge in [-0.05, 0) is 41.9 Å². The Balaban J connectivity index is 0.00000147. The Bertz CT molecular complexity index is 465. The van der Waals surface area contributed by atoms with Crippen molar-refractivity contribution in [3.63, 3.8) is 0 Å². The lowest BCUT2D eigenvalue weighted by Crippen LogP contribution is -2.54. The van der Waals surface area contributed by atoms with E-state index in [2.05, 4.69) is 17.0 Å². The van der Waals surface area contributed by atoms with Crippen LogP contribution < -0.4 is 0 Å². The summed E-state index contributed by atoms with van der Waals surface area (Å²) in [4.78, 5) is 12.9. The molecule has 3 nitrogen and oxygen atoms in total. The molecule has 2 aliphatic heterocycles. The molecule has 2 bridgehead atoms. The first-order valence-electron chi connectivity index (χ1n) is 6.83. The molecule has 1 aromatic carbocycles. The molecule has 1 aromatic rings. The molecule has 0 spiro atoms. The lowest BCUT2D eigenvalue weighted by atomic mass is 9.59. The summed E-state index contributed by atoms with van der Waals surface area (Å²) in [6.07, 6.45) is 1.54. The second kappa shape index (κ2) is 6.33. The van der Waals surface area contributed by atoms with E-state index in [1.165, 1.54) is 12.0 Å². The third-order valence-corrected chi connectivity index (χ3v) is 4.76. The number of aliphatic carboxylic acids is 1. The fraction of sp³-hybridized carbons (Fsp3) is 0.533. The number of nitrogens with zero attached hydrogens (tertiary/aromatic N) is 1. The van der Waals surface area contributed by atoms with E-state index < -0.39 is 5.97 Å². The van der Waals surface area contributed by atoms with Crippen molar-refractivity contribution in [3.05, 3.63) is 34.9 Å². The summed E-state index contributed by atoms with van der Waals surface area (Å²) in [6, 6.07) is 8.21. The quantitative estimate of drug-likeness (QED) is 0.927. The fourth-order valence-corrected chi connectivity index (χ4v) is 3.78. The summed E-state index contributed by atoms with van der Waals surface area (Å²) in [5, 5.41) is 9.53. The summed E-state index contributed by atoms with van der Waals surface area (Å²) in [5.74, 6) is 1.33. The maximum absolute atomic E-state index is 10.6. The number of carbonyl (C=O) groups is 1. The third kappa shape index (κ3) is 3.11. The van der Waals surface area contributed by atoms with Gasteiger partial charge in [-0.15, -0.1) is 12.4 Å². The number of halogens is 2. The molecule has 1 aliphatic carbocycles. The Morgan fingerprint density at radius 1 is 1.25 bits per heavy atom. The summed E-state index contributed by atoms with van der Waals surface area (Å²) in [5.41, 5.74) is 1.39. The van der Waals surface area contributed by atoms with Gasteiger partial charge in [0.05, 0.1) is 6.42 Å². The number of benzene rings is 1. The van der Waals surface area contributed by atoms with Gasteiger partial charge in [-0.3, -0.25) is 4.79 Å². The topological polar surface area (TPSA) is 40.5 Å². The van der Waals surface area contributed by atoms with Gasteiger partial charge in [-0.25, -0.2) is 0 Å². The zero-order chi connectivity index (χ0) is 13.4. The minimum absolute atomic E-state index is 0. The highest BCUT2D eigenvalue weighted by molar-refractivity contribution is 6.30. The predicted molar refractivity (Wildman–Crippen MR) is 81.7 cm³/mol. The monoisotopic (exact) mass is 315 g/mol. The third-order valence-electron chi connectivity index (χ3n) is 4.50. The first kappa shape index (κ1) is 15.6. The Morgan fingerprint density at radius 2 is 1.85 bits per heavy atom. The molecular formula is C15H19Cl2NO2. The van der Waals surface area contributed by atoms with Crippen LogP contribution in [0.3, 0.4) is 0 Å². The molecule has 3 aliphatic rings. The minimum Gasteiger partial charge on any atom is -0.481 e. The van der Waals surface area contributed by atoms with Crippen LogP contribution >= 0.6 is 24.0 Å². The molecule has 5 heteroatoms. The highest BCUT2D eigenvalue weighted by Crippen LogP contribution is 2.51. The Morgan fingerprint density at radius 3 is 2.40 bits per heavy atom. The number of carboxylic acids is 1. The Labute approximate surface area is 130 Å². The zero-order valence-electron chi connectivity index (χ0n) is 11.2. The van der Waals surface area contributed by atoms with Crippen molar-refractivity contribution in [3.8, 4) is 0 Å². The summed E-state index contributed by atoms with van der Waals surface area (Å²) >= 11 is 5.93. The van der Waals surface area contributed by atoms with Crippen LogP contribution in [0.1, 0.15) is 24.3 Å². The maximum Gasteiger partial charge on any atom is 0.304 e. The number of fused-ring (bicyclic) bond motifs is 2. The van der Waals surface area contributed by atoms with Crippen LogP contribution in [0.5, 0.6) is 0 Å². The first-order chi connectivity index (χ1) is 9.13. The smallest absolute Gasteiger partial charge is 0.304 e. The van der Waals surface area contributed by atoms with Crippen LogP contribution in [0.25, 0.3) is 0 Å². The van der Waals surface area contributed by atoms with Crippen molar-refractivity contribution < 1.29 is 9.90 Å². The average Bonchev–Trinajstić information content (AvgIpc) is 2.39. The van der Waals surface area contributed by atoms with Crippen LogP contribution in [0.2, 0.25) is 5.02 Å². The normalized spacial score (nSPS) is 28.4.